The Kier molecular flexibility index (Phi) is 12.2. The molecule has 2 N–H and O–H groups in total. The lowest BCUT2D eigenvalue weighted by Crippen LogP contribution is -2.52. The summed E-state index contributed by atoms with van der Waals surface area (Å²) in [5, 5.41) is 12.5. The van der Waals surface area contributed by atoms with E-state index in [2.05, 4.69) is 43.0 Å². The predicted molar refractivity (Wildman–Crippen MR) is 248 cm³/mol. The van der Waals surface area contributed by atoms with Gasteiger partial charge in [0, 0.05) is 63.5 Å². The van der Waals surface area contributed by atoms with Crippen molar-refractivity contribution in [2.45, 2.75) is 69.6 Å². The van der Waals surface area contributed by atoms with E-state index in [9.17, 15) is 37.2 Å². The highest BCUT2D eigenvalue weighted by molar-refractivity contribution is 7.90. The molecule has 0 bridgehead atoms. The fourth-order valence-corrected chi connectivity index (χ4v) is 11.6. The van der Waals surface area contributed by atoms with Crippen LogP contribution < -0.4 is 25.2 Å². The number of fused-ring (bicyclic) bond motifs is 2. The number of nitriles is 1. The van der Waals surface area contributed by atoms with Crippen LogP contribution in [-0.2, 0) is 26.3 Å². The van der Waals surface area contributed by atoms with Crippen molar-refractivity contribution >= 4 is 50.2 Å². The smallest absolute Gasteiger partial charge is 0.301 e. The zero-order valence-electron chi connectivity index (χ0n) is 37.1. The number of piperidine rings is 3. The summed E-state index contributed by atoms with van der Waals surface area (Å²) in [4.78, 5) is 62.3. The number of carbonyl (C=O) groups is 3. The highest BCUT2D eigenvalue weighted by atomic mass is 32.2. The van der Waals surface area contributed by atoms with Gasteiger partial charge < -0.3 is 19.4 Å². The number of amides is 3. The number of alkyl halides is 1. The average molecular weight is 946 g/mol. The Bertz CT molecular complexity index is 3050. The third-order valence-electron chi connectivity index (χ3n) is 14.0. The second kappa shape index (κ2) is 18.4. The molecule has 0 saturated carbocycles. The minimum atomic E-state index is -4.24. The normalized spacial score (nSPS) is 21.8. The maximum atomic E-state index is 15.2. The molecule has 4 saturated heterocycles. The van der Waals surface area contributed by atoms with Crippen LogP contribution in [0.25, 0.3) is 16.6 Å². The van der Waals surface area contributed by atoms with E-state index >= 15 is 4.39 Å². The second-order valence-electron chi connectivity index (χ2n) is 18.3. The van der Waals surface area contributed by atoms with Gasteiger partial charge in [-0.05, 0) is 129 Å². The van der Waals surface area contributed by atoms with Gasteiger partial charge in [0.25, 0.3) is 11.5 Å². The van der Waals surface area contributed by atoms with E-state index in [-0.39, 0.29) is 54.6 Å². The summed E-state index contributed by atoms with van der Waals surface area (Å²) in [6, 6.07) is 21.5. The van der Waals surface area contributed by atoms with Crippen molar-refractivity contribution in [3.05, 3.63) is 118 Å². The van der Waals surface area contributed by atoms with E-state index in [1.165, 1.54) is 34.7 Å². The molecule has 352 valence electrons. The maximum Gasteiger partial charge on any atom is 0.301 e. The van der Waals surface area contributed by atoms with Gasteiger partial charge in [-0.25, -0.2) is 13.8 Å². The average Bonchev–Trinajstić information content (AvgIpc) is 3.93. The van der Waals surface area contributed by atoms with Crippen LogP contribution in [0.1, 0.15) is 77.9 Å². The molecule has 1 unspecified atom stereocenters. The molecule has 5 aliphatic heterocycles. The highest BCUT2D eigenvalue weighted by Gasteiger charge is 2.40. The van der Waals surface area contributed by atoms with E-state index in [1.54, 1.807) is 4.90 Å². The molecule has 3 amide bonds. The molecule has 5 aliphatic rings. The lowest BCUT2D eigenvalue weighted by Gasteiger charge is -2.39. The Balaban J connectivity index is 0.761. The van der Waals surface area contributed by atoms with E-state index in [1.807, 2.05) is 30.3 Å². The number of likely N-dealkylation sites (tertiary alicyclic amines) is 1. The molecule has 10 rings (SSSR count). The molecule has 5 aromatic rings. The zero-order chi connectivity index (χ0) is 47.3. The minimum absolute atomic E-state index is 0.0199. The lowest BCUT2D eigenvalue weighted by molar-refractivity contribution is -0.136. The van der Waals surface area contributed by atoms with Gasteiger partial charge in [0.15, 0.2) is 11.6 Å². The van der Waals surface area contributed by atoms with Gasteiger partial charge in [-0.15, -0.1) is 0 Å². The summed E-state index contributed by atoms with van der Waals surface area (Å²) in [6.07, 6.45) is 4.97. The fourth-order valence-electron chi connectivity index (χ4n) is 10.3. The number of carbonyl (C=O) groups excluding carboxylic acids is 3. The molecule has 6 heterocycles. The lowest BCUT2D eigenvalue weighted by atomic mass is 9.89. The van der Waals surface area contributed by atoms with Crippen molar-refractivity contribution in [1.29, 1.82) is 5.26 Å². The molecular formula is C49H49F2N9O7S. The number of ether oxygens (including phenoxy) is 1. The van der Waals surface area contributed by atoms with Crippen molar-refractivity contribution in [2.24, 2.45) is 5.92 Å². The molecule has 0 aliphatic carbocycles. The first-order valence-electron chi connectivity index (χ1n) is 23.0. The van der Waals surface area contributed by atoms with Crippen LogP contribution in [0.2, 0.25) is 0 Å². The number of nitrogens with one attached hydrogen (secondary N) is 2. The Morgan fingerprint density at radius 1 is 0.882 bits per heavy atom. The summed E-state index contributed by atoms with van der Waals surface area (Å²) < 4.78 is 65.3. The van der Waals surface area contributed by atoms with Gasteiger partial charge in [-0.2, -0.15) is 18.0 Å². The number of anilines is 2. The first kappa shape index (κ1) is 45.1. The van der Waals surface area contributed by atoms with Crippen LogP contribution in [0.4, 0.5) is 20.2 Å². The SMILES string of the molecule is N#Cc1c(NS(=O)(=O)N2CC[C@@H](F)C2)ccc(F)c1Oc1ccc2ncn(-c3ccc(C4CCCN(CC5CCN(c6ccc7c(c6)CN([C@H]6CCC(=O)NC6=O)C7=O)CC5)C4)cc3)c(=O)c2c1. The molecule has 0 spiro atoms. The number of benzene rings is 4. The van der Waals surface area contributed by atoms with Gasteiger partial charge >= 0.3 is 10.2 Å². The number of imide groups is 1. The summed E-state index contributed by atoms with van der Waals surface area (Å²) >= 11 is 0. The molecule has 4 fully saturated rings. The van der Waals surface area contributed by atoms with Gasteiger partial charge in [-0.1, -0.05) is 12.1 Å². The van der Waals surface area contributed by atoms with Gasteiger partial charge in [0.2, 0.25) is 11.8 Å². The van der Waals surface area contributed by atoms with Gasteiger partial charge in [0.1, 0.15) is 35.9 Å². The van der Waals surface area contributed by atoms with Crippen molar-refractivity contribution in [1.82, 2.24) is 29.0 Å². The van der Waals surface area contributed by atoms with E-state index in [4.69, 9.17) is 4.74 Å². The van der Waals surface area contributed by atoms with E-state index in [0.717, 1.165) is 86.1 Å². The van der Waals surface area contributed by atoms with Crippen LogP contribution in [0, 0.1) is 23.1 Å². The fraction of sp³-hybridized carbons (Fsp3) is 0.388. The Morgan fingerprint density at radius 3 is 2.43 bits per heavy atom. The zero-order valence-corrected chi connectivity index (χ0v) is 37.9. The van der Waals surface area contributed by atoms with Crippen molar-refractivity contribution < 1.29 is 36.3 Å². The number of hydrogen-bond donors (Lipinski definition) is 2. The number of halogens is 2. The van der Waals surface area contributed by atoms with Crippen molar-refractivity contribution in [2.75, 3.05) is 55.4 Å². The molecule has 0 radical (unpaired) electrons. The second-order valence-corrected chi connectivity index (χ2v) is 20.0. The third kappa shape index (κ3) is 8.91. The van der Waals surface area contributed by atoms with Gasteiger partial charge in [0.05, 0.1) is 22.3 Å². The summed E-state index contributed by atoms with van der Waals surface area (Å²) in [6.45, 7) is 4.80. The summed E-state index contributed by atoms with van der Waals surface area (Å²) in [7, 11) is -4.24. The predicted octanol–water partition coefficient (Wildman–Crippen LogP) is 5.75. The molecule has 3 atom stereocenters. The molecule has 68 heavy (non-hydrogen) atoms. The summed E-state index contributed by atoms with van der Waals surface area (Å²) in [5.41, 5.74) is 3.70. The molecule has 19 heteroatoms. The molecular weight excluding hydrogens is 897 g/mol. The first-order valence-corrected chi connectivity index (χ1v) is 24.4. The topological polar surface area (TPSA) is 190 Å². The van der Waals surface area contributed by atoms with Crippen molar-refractivity contribution in [3.63, 3.8) is 0 Å². The minimum Gasteiger partial charge on any atom is -0.453 e. The highest BCUT2D eigenvalue weighted by Crippen LogP contribution is 2.36. The van der Waals surface area contributed by atoms with Crippen LogP contribution >= 0.6 is 0 Å². The molecule has 16 nitrogen and oxygen atoms in total. The number of rotatable bonds is 11. The Morgan fingerprint density at radius 2 is 1.68 bits per heavy atom. The van der Waals surface area contributed by atoms with E-state index < -0.39 is 51.0 Å². The number of aromatic nitrogens is 2. The molecule has 1 aromatic heterocycles. The largest absolute Gasteiger partial charge is 0.453 e. The standard InChI is InChI=1S/C49H49F2N9O7S/c50-34-17-21-58(28-34)68(65,66)55-43-12-10-41(51)46(40(43)24-52)67-37-8-11-42-39(23-37)49(64)60(29-53-42)35-5-3-31(4-6-35)32-2-1-18-56(26-32)25-30-15-19-57(20-16-30)36-7-9-38-33(22-36)27-59(48(38)63)44-13-14-45(61)54-47(44)62/h3-12,22-23,29-30,32,34,44,55H,1-2,13-21,25-28H2,(H,54,61,62)/t32?,34-,44+/m1/s1. The number of hydrogen-bond acceptors (Lipinski definition) is 11. The van der Waals surface area contributed by atoms with E-state index in [0.29, 0.717) is 41.6 Å². The Hall–Kier alpha value is -6.75. The third-order valence-corrected chi connectivity index (χ3v) is 15.5. The van der Waals surface area contributed by atoms with Crippen LogP contribution in [-0.4, -0.2) is 108 Å². The van der Waals surface area contributed by atoms with Gasteiger partial charge in [-0.3, -0.25) is 33.8 Å². The molecule has 4 aromatic carbocycles. The van der Waals surface area contributed by atoms with Crippen molar-refractivity contribution in [3.8, 4) is 23.3 Å². The van der Waals surface area contributed by atoms with Crippen LogP contribution in [0.5, 0.6) is 11.5 Å². The summed E-state index contributed by atoms with van der Waals surface area (Å²) in [5.74, 6) is -1.45. The Labute approximate surface area is 391 Å². The maximum absolute atomic E-state index is 15.2. The van der Waals surface area contributed by atoms with Crippen LogP contribution in [0.15, 0.2) is 83.9 Å². The number of nitrogens with zero attached hydrogens (tertiary/aromatic N) is 7. The quantitative estimate of drug-likeness (QED) is 0.154. The monoisotopic (exact) mass is 945 g/mol. The van der Waals surface area contributed by atoms with Crippen LogP contribution in [0.3, 0.4) is 0 Å². The first-order chi connectivity index (χ1) is 32.8.